The fourth-order valence-electron chi connectivity index (χ4n) is 3.88. The van der Waals surface area contributed by atoms with Crippen LogP contribution in [0.25, 0.3) is 0 Å². The van der Waals surface area contributed by atoms with Gasteiger partial charge in [-0.05, 0) is 37.5 Å². The van der Waals surface area contributed by atoms with Crippen LogP contribution in [-0.4, -0.2) is 39.4 Å². The van der Waals surface area contributed by atoms with E-state index in [0.717, 1.165) is 60.4 Å². The van der Waals surface area contributed by atoms with Crippen molar-refractivity contribution in [2.75, 3.05) is 18.0 Å². The van der Waals surface area contributed by atoms with E-state index in [0.29, 0.717) is 5.92 Å². The van der Waals surface area contributed by atoms with Crippen molar-refractivity contribution >= 4 is 23.6 Å². The normalized spacial score (nSPS) is 17.4. The van der Waals surface area contributed by atoms with Gasteiger partial charge in [-0.25, -0.2) is 25.5 Å². The molecule has 10 heteroatoms. The minimum atomic E-state index is -0.425. The average molecular weight is 451 g/mol. The molecule has 0 radical (unpaired) electrons. The first kappa shape index (κ1) is 20.7. The van der Waals surface area contributed by atoms with E-state index in [2.05, 4.69) is 43.3 Å². The number of para-hydroxylation sites is 1. The Kier molecular flexibility index (Phi) is 6.13. The van der Waals surface area contributed by atoms with Crippen molar-refractivity contribution < 1.29 is 4.74 Å². The predicted molar refractivity (Wildman–Crippen MR) is 124 cm³/mol. The number of nitrogens with one attached hydrogen (secondary N) is 2. The Balaban J connectivity index is 1.27. The second-order valence-corrected chi connectivity index (χ2v) is 8.62. The van der Waals surface area contributed by atoms with Crippen LogP contribution in [0.3, 0.4) is 0 Å². The summed E-state index contributed by atoms with van der Waals surface area (Å²) in [7, 11) is 0. The number of ether oxygens (including phenoxy) is 1. The molecule has 2 aliphatic heterocycles. The molecule has 4 heterocycles. The van der Waals surface area contributed by atoms with Gasteiger partial charge in [-0.3, -0.25) is 0 Å². The molecule has 0 saturated carbocycles. The van der Waals surface area contributed by atoms with Crippen LogP contribution in [0.5, 0.6) is 5.75 Å². The van der Waals surface area contributed by atoms with Gasteiger partial charge >= 0.3 is 0 Å². The maximum atomic E-state index is 6.23. The number of piperidine rings is 1. The highest BCUT2D eigenvalue weighted by Gasteiger charge is 2.29. The first-order valence-electron chi connectivity index (χ1n) is 10.9. The van der Waals surface area contributed by atoms with Crippen LogP contribution in [0.2, 0.25) is 0 Å². The summed E-state index contributed by atoms with van der Waals surface area (Å²) >= 11 is 1.70. The van der Waals surface area contributed by atoms with Crippen molar-refractivity contribution in [3.05, 3.63) is 64.4 Å². The van der Waals surface area contributed by atoms with Crippen LogP contribution >= 0.6 is 11.3 Å². The van der Waals surface area contributed by atoms with Crippen LogP contribution in [0.15, 0.2) is 53.1 Å². The van der Waals surface area contributed by atoms with Crippen LogP contribution < -0.4 is 20.7 Å². The lowest BCUT2D eigenvalue weighted by Gasteiger charge is -2.31. The number of hydrazone groups is 1. The fraction of sp³-hybridized carbons (Fsp3) is 0.364. The van der Waals surface area contributed by atoms with Gasteiger partial charge in [-0.15, -0.1) is 16.9 Å². The van der Waals surface area contributed by atoms with Gasteiger partial charge in [0.05, 0.1) is 5.01 Å². The molecule has 0 bridgehead atoms. The highest BCUT2D eigenvalue weighted by Crippen LogP contribution is 2.34. The number of hydrazine groups is 2. The molecule has 166 valence electrons. The van der Waals surface area contributed by atoms with Crippen LogP contribution in [0.1, 0.15) is 48.3 Å². The van der Waals surface area contributed by atoms with E-state index >= 15 is 0 Å². The van der Waals surface area contributed by atoms with Crippen molar-refractivity contribution in [2.24, 2.45) is 5.10 Å². The van der Waals surface area contributed by atoms with Gasteiger partial charge in [0.1, 0.15) is 17.8 Å². The molecular weight excluding hydrogens is 424 g/mol. The predicted octanol–water partition coefficient (Wildman–Crippen LogP) is 3.23. The van der Waals surface area contributed by atoms with Crippen LogP contribution in [-0.2, 0) is 6.42 Å². The SMILES string of the molecule is CCc1ccnc(N2CCC(c3nc(C(Oc4ccccc4)N4C=NNN4)cs3)CC2)n1. The Bertz CT molecular complexity index is 1050. The molecule has 5 rings (SSSR count). The third-order valence-corrected chi connectivity index (χ3v) is 6.68. The number of aromatic nitrogens is 3. The van der Waals surface area contributed by atoms with Gasteiger partial charge in [0.2, 0.25) is 12.2 Å². The zero-order valence-electron chi connectivity index (χ0n) is 17.9. The quantitative estimate of drug-likeness (QED) is 0.567. The molecule has 0 spiro atoms. The topological polar surface area (TPSA) is 90.8 Å². The fourth-order valence-corrected chi connectivity index (χ4v) is 4.87. The summed E-state index contributed by atoms with van der Waals surface area (Å²) in [5.74, 6) is 2.04. The minimum absolute atomic E-state index is 0.425. The maximum absolute atomic E-state index is 6.23. The van der Waals surface area contributed by atoms with E-state index in [1.165, 1.54) is 0 Å². The summed E-state index contributed by atoms with van der Waals surface area (Å²) in [6, 6.07) is 11.7. The van der Waals surface area contributed by atoms with E-state index < -0.39 is 6.23 Å². The Labute approximate surface area is 191 Å². The molecule has 1 unspecified atom stereocenters. The van der Waals surface area contributed by atoms with Gasteiger partial charge in [0.15, 0.2) is 0 Å². The van der Waals surface area contributed by atoms with E-state index in [-0.39, 0.29) is 0 Å². The summed E-state index contributed by atoms with van der Waals surface area (Å²) < 4.78 is 6.23. The summed E-state index contributed by atoms with van der Waals surface area (Å²) in [4.78, 5) is 16.4. The second kappa shape index (κ2) is 9.49. The molecule has 3 aromatic rings. The first-order valence-corrected chi connectivity index (χ1v) is 11.7. The number of hydrogen-bond donors (Lipinski definition) is 2. The molecule has 0 amide bonds. The van der Waals surface area contributed by atoms with Gasteiger partial charge in [-0.1, -0.05) is 25.1 Å². The summed E-state index contributed by atoms with van der Waals surface area (Å²) in [6.45, 7) is 3.98. The zero-order valence-corrected chi connectivity index (χ0v) is 18.7. The lowest BCUT2D eigenvalue weighted by Crippen LogP contribution is -2.42. The van der Waals surface area contributed by atoms with E-state index in [1.54, 1.807) is 22.7 Å². The van der Waals surface area contributed by atoms with Gasteiger partial charge < -0.3 is 9.64 Å². The summed E-state index contributed by atoms with van der Waals surface area (Å²) in [6.07, 6.45) is 6.08. The smallest absolute Gasteiger partial charge is 0.232 e. The molecule has 1 aromatic carbocycles. The van der Waals surface area contributed by atoms with Crippen molar-refractivity contribution in [1.82, 2.24) is 31.0 Å². The van der Waals surface area contributed by atoms with Crippen molar-refractivity contribution in [1.29, 1.82) is 0 Å². The van der Waals surface area contributed by atoms with Gasteiger partial charge in [0, 0.05) is 36.3 Å². The molecule has 2 aliphatic rings. The third kappa shape index (κ3) is 4.51. The molecule has 1 saturated heterocycles. The number of nitrogens with zero attached hydrogens (tertiary/aromatic N) is 6. The second-order valence-electron chi connectivity index (χ2n) is 7.73. The molecule has 32 heavy (non-hydrogen) atoms. The Hall–Kier alpha value is -3.24. The third-order valence-electron chi connectivity index (χ3n) is 5.65. The standard InChI is InChI=1S/C22H26N8OS/c1-2-17-8-11-23-22(25-17)29-12-9-16(10-13-29)20-26-19(14-32-20)21(30-15-24-27-28-30)31-18-6-4-3-5-7-18/h3-8,11,14-16,21,27-28H,2,9-10,12-13H2,1H3. The van der Waals surface area contributed by atoms with Crippen molar-refractivity contribution in [3.63, 3.8) is 0 Å². The summed E-state index contributed by atoms with van der Waals surface area (Å²) in [5.41, 5.74) is 7.65. The lowest BCUT2D eigenvalue weighted by atomic mass is 9.98. The molecular formula is C22H26N8OS. The van der Waals surface area contributed by atoms with Crippen molar-refractivity contribution in [2.45, 2.75) is 38.3 Å². The number of hydrogen-bond acceptors (Lipinski definition) is 10. The number of thiazole rings is 1. The van der Waals surface area contributed by atoms with Gasteiger partial charge in [0.25, 0.3) is 0 Å². The molecule has 2 N–H and O–H groups in total. The Morgan fingerprint density at radius 2 is 2.00 bits per heavy atom. The van der Waals surface area contributed by atoms with E-state index in [1.807, 2.05) is 42.6 Å². The highest BCUT2D eigenvalue weighted by molar-refractivity contribution is 7.09. The average Bonchev–Trinajstić information content (AvgIpc) is 3.56. The van der Waals surface area contributed by atoms with Gasteiger partial charge in [-0.2, -0.15) is 5.10 Å². The van der Waals surface area contributed by atoms with Crippen LogP contribution in [0.4, 0.5) is 5.95 Å². The first-order chi connectivity index (χ1) is 15.8. The number of rotatable bonds is 7. The molecule has 0 aliphatic carbocycles. The van der Waals surface area contributed by atoms with E-state index in [4.69, 9.17) is 9.72 Å². The highest BCUT2D eigenvalue weighted by atomic mass is 32.1. The molecule has 1 atom stereocenters. The van der Waals surface area contributed by atoms with Crippen molar-refractivity contribution in [3.8, 4) is 5.75 Å². The number of benzene rings is 1. The Morgan fingerprint density at radius 3 is 2.75 bits per heavy atom. The number of anilines is 1. The lowest BCUT2D eigenvalue weighted by molar-refractivity contribution is 0.0417. The molecule has 2 aromatic heterocycles. The molecule has 1 fully saturated rings. The number of aryl methyl sites for hydroxylation is 1. The largest absolute Gasteiger partial charge is 0.463 e. The Morgan fingerprint density at radius 1 is 1.16 bits per heavy atom. The van der Waals surface area contributed by atoms with E-state index in [9.17, 15) is 0 Å². The maximum Gasteiger partial charge on any atom is 0.232 e. The van der Waals surface area contributed by atoms with Crippen LogP contribution in [0, 0.1) is 0 Å². The zero-order chi connectivity index (χ0) is 21.8. The minimum Gasteiger partial charge on any atom is -0.463 e. The molecule has 9 nitrogen and oxygen atoms in total. The monoisotopic (exact) mass is 450 g/mol. The summed E-state index contributed by atoms with van der Waals surface area (Å²) in [5, 5.41) is 9.01.